The first kappa shape index (κ1) is 22.7. The molecule has 4 amide bonds. The SMILES string of the molecule is COc1ccc(CN2C(=O)[C@H](NC(=O)OCc3ccccc3)[C@@H]2CNC(N)=O)c(OC)c1. The number of primary amides is 1. The smallest absolute Gasteiger partial charge is 0.408 e. The Labute approximate surface area is 185 Å². The molecule has 1 heterocycles. The Kier molecular flexibility index (Phi) is 7.37. The number of rotatable bonds is 9. The molecule has 3 rings (SSSR count). The Morgan fingerprint density at radius 2 is 1.84 bits per heavy atom. The number of likely N-dealkylation sites (tertiary alicyclic amines) is 1. The molecule has 0 radical (unpaired) electrons. The maximum absolute atomic E-state index is 12.8. The van der Waals surface area contributed by atoms with Crippen LogP contribution in [0.1, 0.15) is 11.1 Å². The Morgan fingerprint density at radius 3 is 2.50 bits per heavy atom. The molecule has 1 fully saturated rings. The number of carbonyl (C=O) groups is 3. The standard InChI is InChI=1S/C22H26N4O6/c1-30-16-9-8-15(18(10-16)31-2)12-26-17(11-24-21(23)28)19(20(26)27)25-22(29)32-13-14-6-4-3-5-7-14/h3-10,17,19H,11-13H2,1-2H3,(H,25,29)(H3,23,24,28)/t17-,19+/m0/s1. The molecule has 2 aromatic carbocycles. The molecule has 32 heavy (non-hydrogen) atoms. The van der Waals surface area contributed by atoms with E-state index in [1.165, 1.54) is 12.0 Å². The number of methoxy groups -OCH3 is 2. The fourth-order valence-corrected chi connectivity index (χ4v) is 3.45. The molecule has 0 unspecified atom stereocenters. The Balaban J connectivity index is 1.66. The van der Waals surface area contributed by atoms with Gasteiger partial charge in [0.15, 0.2) is 0 Å². The van der Waals surface area contributed by atoms with E-state index in [1.807, 2.05) is 30.3 Å². The lowest BCUT2D eigenvalue weighted by molar-refractivity contribution is -0.151. The molecule has 170 valence electrons. The number of hydrogen-bond donors (Lipinski definition) is 3. The highest BCUT2D eigenvalue weighted by Gasteiger charge is 2.48. The van der Waals surface area contributed by atoms with Crippen molar-refractivity contribution in [3.8, 4) is 11.5 Å². The van der Waals surface area contributed by atoms with Crippen LogP contribution in [0.4, 0.5) is 9.59 Å². The predicted molar refractivity (Wildman–Crippen MR) is 115 cm³/mol. The number of benzene rings is 2. The van der Waals surface area contributed by atoms with Crippen LogP contribution in [0.3, 0.4) is 0 Å². The van der Waals surface area contributed by atoms with Crippen LogP contribution in [0, 0.1) is 0 Å². The molecule has 10 nitrogen and oxygen atoms in total. The van der Waals surface area contributed by atoms with E-state index in [0.29, 0.717) is 11.5 Å². The summed E-state index contributed by atoms with van der Waals surface area (Å²) in [6.07, 6.45) is -0.724. The van der Waals surface area contributed by atoms with Crippen LogP contribution in [0.15, 0.2) is 48.5 Å². The molecular weight excluding hydrogens is 416 g/mol. The van der Waals surface area contributed by atoms with E-state index in [0.717, 1.165) is 11.1 Å². The number of nitrogens with one attached hydrogen (secondary N) is 2. The van der Waals surface area contributed by atoms with Gasteiger partial charge in [-0.15, -0.1) is 0 Å². The second-order valence-corrected chi connectivity index (χ2v) is 7.14. The van der Waals surface area contributed by atoms with E-state index in [2.05, 4.69) is 10.6 Å². The Morgan fingerprint density at radius 1 is 1.09 bits per heavy atom. The minimum absolute atomic E-state index is 0.0726. The second-order valence-electron chi connectivity index (χ2n) is 7.14. The van der Waals surface area contributed by atoms with E-state index < -0.39 is 24.2 Å². The van der Waals surface area contributed by atoms with Gasteiger partial charge in [-0.3, -0.25) is 4.79 Å². The van der Waals surface area contributed by atoms with Crippen molar-refractivity contribution < 1.29 is 28.6 Å². The van der Waals surface area contributed by atoms with Gasteiger partial charge in [0.2, 0.25) is 5.91 Å². The molecule has 0 spiro atoms. The Hall–Kier alpha value is -3.95. The minimum Gasteiger partial charge on any atom is -0.497 e. The topological polar surface area (TPSA) is 132 Å². The van der Waals surface area contributed by atoms with Crippen LogP contribution < -0.4 is 25.8 Å². The number of ether oxygens (including phenoxy) is 3. The summed E-state index contributed by atoms with van der Waals surface area (Å²) in [6, 6.07) is 12.4. The van der Waals surface area contributed by atoms with Crippen molar-refractivity contribution in [2.24, 2.45) is 5.73 Å². The highest BCUT2D eigenvalue weighted by molar-refractivity contribution is 5.92. The van der Waals surface area contributed by atoms with E-state index in [4.69, 9.17) is 19.9 Å². The quantitative estimate of drug-likeness (QED) is 0.503. The number of amides is 4. The fourth-order valence-electron chi connectivity index (χ4n) is 3.45. The van der Waals surface area contributed by atoms with Gasteiger partial charge >= 0.3 is 12.1 Å². The zero-order valence-corrected chi connectivity index (χ0v) is 17.9. The molecule has 4 N–H and O–H groups in total. The van der Waals surface area contributed by atoms with Gasteiger partial charge in [0.1, 0.15) is 24.1 Å². The number of nitrogens with zero attached hydrogens (tertiary/aromatic N) is 1. The molecule has 1 saturated heterocycles. The van der Waals surface area contributed by atoms with Crippen LogP contribution >= 0.6 is 0 Å². The summed E-state index contributed by atoms with van der Waals surface area (Å²) in [5, 5.41) is 5.07. The van der Waals surface area contributed by atoms with Crippen molar-refractivity contribution >= 4 is 18.0 Å². The van der Waals surface area contributed by atoms with Gasteiger partial charge in [0, 0.05) is 24.7 Å². The van der Waals surface area contributed by atoms with Crippen molar-refractivity contribution in [3.63, 3.8) is 0 Å². The van der Waals surface area contributed by atoms with Gasteiger partial charge in [-0.25, -0.2) is 9.59 Å². The van der Waals surface area contributed by atoms with Crippen LogP contribution in [0.25, 0.3) is 0 Å². The second kappa shape index (κ2) is 10.4. The molecule has 0 bridgehead atoms. The minimum atomic E-state index is -0.852. The average Bonchev–Trinajstić information content (AvgIpc) is 2.81. The molecule has 0 aliphatic carbocycles. The number of urea groups is 1. The largest absolute Gasteiger partial charge is 0.497 e. The van der Waals surface area contributed by atoms with Crippen molar-refractivity contribution in [3.05, 3.63) is 59.7 Å². The molecule has 10 heteroatoms. The highest BCUT2D eigenvalue weighted by atomic mass is 16.5. The summed E-state index contributed by atoms with van der Waals surface area (Å²) < 4.78 is 15.8. The molecule has 1 aliphatic heterocycles. The molecule has 2 aromatic rings. The molecule has 1 aliphatic rings. The molecule has 2 atom stereocenters. The normalized spacial score (nSPS) is 17.2. The first-order chi connectivity index (χ1) is 15.4. The number of β-lactam (4-membered cyclic amide) rings is 1. The maximum atomic E-state index is 12.8. The van der Waals surface area contributed by atoms with Gasteiger partial charge in [0.25, 0.3) is 0 Å². The lowest BCUT2D eigenvalue weighted by Crippen LogP contribution is -2.73. The first-order valence-electron chi connectivity index (χ1n) is 9.94. The highest BCUT2D eigenvalue weighted by Crippen LogP contribution is 2.30. The third kappa shape index (κ3) is 5.39. The lowest BCUT2D eigenvalue weighted by Gasteiger charge is -2.47. The fraction of sp³-hybridized carbons (Fsp3) is 0.318. The molecule has 0 aromatic heterocycles. The zero-order valence-electron chi connectivity index (χ0n) is 17.9. The number of hydrogen-bond acceptors (Lipinski definition) is 6. The summed E-state index contributed by atoms with van der Waals surface area (Å²) >= 11 is 0. The van der Waals surface area contributed by atoms with Gasteiger partial charge in [-0.1, -0.05) is 30.3 Å². The van der Waals surface area contributed by atoms with Crippen LogP contribution in [-0.4, -0.2) is 55.8 Å². The first-order valence-corrected chi connectivity index (χ1v) is 9.94. The third-order valence-corrected chi connectivity index (χ3v) is 5.14. The summed E-state index contributed by atoms with van der Waals surface area (Å²) in [5.74, 6) is 0.862. The van der Waals surface area contributed by atoms with Crippen molar-refractivity contribution in [1.82, 2.24) is 15.5 Å². The van der Waals surface area contributed by atoms with Gasteiger partial charge in [0.05, 0.1) is 20.3 Å². The number of carbonyl (C=O) groups excluding carboxylic acids is 3. The summed E-state index contributed by atoms with van der Waals surface area (Å²) in [6.45, 7) is 0.363. The van der Waals surface area contributed by atoms with E-state index in [1.54, 1.807) is 25.3 Å². The van der Waals surface area contributed by atoms with Crippen molar-refractivity contribution in [2.45, 2.75) is 25.2 Å². The Bertz CT molecular complexity index is 968. The van der Waals surface area contributed by atoms with Crippen molar-refractivity contribution in [1.29, 1.82) is 0 Å². The zero-order chi connectivity index (χ0) is 23.1. The number of nitrogens with two attached hydrogens (primary N) is 1. The van der Waals surface area contributed by atoms with Crippen LogP contribution in [0.5, 0.6) is 11.5 Å². The summed E-state index contributed by atoms with van der Waals surface area (Å²) in [5.41, 5.74) is 6.76. The van der Waals surface area contributed by atoms with Crippen LogP contribution in [-0.2, 0) is 22.7 Å². The predicted octanol–water partition coefficient (Wildman–Crippen LogP) is 1.38. The van der Waals surface area contributed by atoms with Gasteiger partial charge < -0.3 is 35.5 Å². The summed E-state index contributed by atoms with van der Waals surface area (Å²) in [4.78, 5) is 37.8. The van der Waals surface area contributed by atoms with Crippen molar-refractivity contribution in [2.75, 3.05) is 20.8 Å². The summed E-state index contributed by atoms with van der Waals surface area (Å²) in [7, 11) is 3.07. The molecule has 0 saturated carbocycles. The van der Waals surface area contributed by atoms with Gasteiger partial charge in [-0.2, -0.15) is 0 Å². The van der Waals surface area contributed by atoms with Gasteiger partial charge in [-0.05, 0) is 17.7 Å². The number of alkyl carbamates (subject to hydrolysis) is 1. The monoisotopic (exact) mass is 442 g/mol. The van der Waals surface area contributed by atoms with E-state index >= 15 is 0 Å². The van der Waals surface area contributed by atoms with E-state index in [9.17, 15) is 14.4 Å². The third-order valence-electron chi connectivity index (χ3n) is 5.14. The lowest BCUT2D eigenvalue weighted by atomic mass is 9.93. The molecular formula is C22H26N4O6. The maximum Gasteiger partial charge on any atom is 0.408 e. The van der Waals surface area contributed by atoms with Crippen LogP contribution in [0.2, 0.25) is 0 Å². The average molecular weight is 442 g/mol. The van der Waals surface area contributed by atoms with E-state index in [-0.39, 0.29) is 25.6 Å².